The molecule has 16 heteroatoms. The fourth-order valence-corrected chi connectivity index (χ4v) is 3.92. The molecule has 7 nitrogen and oxygen atoms in total. The van der Waals surface area contributed by atoms with Crippen molar-refractivity contribution in [3.05, 3.63) is 53.5 Å². The summed E-state index contributed by atoms with van der Waals surface area (Å²) in [6, 6.07) is 2.41. The highest BCUT2D eigenvalue weighted by Gasteiger charge is 2.58. The number of carbonyl (C=O) groups excluding carboxylic acids is 1. The first kappa shape index (κ1) is 25.3. The van der Waals surface area contributed by atoms with Crippen molar-refractivity contribution in [1.82, 2.24) is 14.4 Å². The minimum Gasteiger partial charge on any atom is -0.305 e. The Labute approximate surface area is 185 Å². The van der Waals surface area contributed by atoms with Gasteiger partial charge in [0.2, 0.25) is 0 Å². The quantitative estimate of drug-likeness (QED) is 0.506. The van der Waals surface area contributed by atoms with Crippen LogP contribution in [0.3, 0.4) is 0 Å². The van der Waals surface area contributed by atoms with Crippen molar-refractivity contribution in [3.63, 3.8) is 0 Å². The van der Waals surface area contributed by atoms with Gasteiger partial charge < -0.3 is 5.32 Å². The van der Waals surface area contributed by atoms with E-state index in [0.29, 0.717) is 28.8 Å². The minimum atomic E-state index is -5.89. The first-order valence-corrected chi connectivity index (χ1v) is 10.7. The van der Waals surface area contributed by atoms with E-state index in [0.717, 1.165) is 6.07 Å². The second-order valence-electron chi connectivity index (χ2n) is 6.77. The number of fused-ring (bicyclic) bond motifs is 1. The van der Waals surface area contributed by atoms with Gasteiger partial charge in [-0.2, -0.15) is 35.1 Å². The minimum absolute atomic E-state index is 0.159. The molecule has 0 aliphatic heterocycles. The normalized spacial score (nSPS) is 13.3. The molecular formula is C18H12F8N4O3S. The van der Waals surface area contributed by atoms with Crippen LogP contribution in [-0.4, -0.2) is 40.6 Å². The van der Waals surface area contributed by atoms with Crippen molar-refractivity contribution in [1.29, 1.82) is 0 Å². The van der Waals surface area contributed by atoms with Gasteiger partial charge in [0.15, 0.2) is 20.6 Å². The molecule has 1 N–H and O–H groups in total. The van der Waals surface area contributed by atoms with Gasteiger partial charge in [-0.15, -0.1) is 0 Å². The number of alkyl halides is 8. The third-order valence-corrected chi connectivity index (χ3v) is 6.25. The molecular weight excluding hydrogens is 504 g/mol. The van der Waals surface area contributed by atoms with E-state index in [-0.39, 0.29) is 11.8 Å². The van der Waals surface area contributed by atoms with Crippen LogP contribution in [0.2, 0.25) is 0 Å². The first-order valence-electron chi connectivity index (χ1n) is 9.03. The first-order chi connectivity index (χ1) is 15.5. The molecule has 1 amide bonds. The number of hydrogen-bond acceptors (Lipinski definition) is 5. The van der Waals surface area contributed by atoms with Crippen LogP contribution in [-0.2, 0) is 21.9 Å². The van der Waals surface area contributed by atoms with E-state index in [1.54, 1.807) is 0 Å². The lowest BCUT2D eigenvalue weighted by atomic mass is 10.1. The SMILES string of the molecule is CCS(=O)(=O)c1c(C(=O)Nc2ccc(C(F)(F)C(F)(F)F)cn2)nc2ccc(C(F)(F)F)cn12. The average Bonchev–Trinajstić information content (AvgIpc) is 3.12. The van der Waals surface area contributed by atoms with Gasteiger partial charge in [0.25, 0.3) is 5.91 Å². The van der Waals surface area contributed by atoms with Crippen LogP contribution in [0.1, 0.15) is 28.5 Å². The predicted octanol–water partition coefficient (Wildman–Crippen LogP) is 4.45. The smallest absolute Gasteiger partial charge is 0.305 e. The summed E-state index contributed by atoms with van der Waals surface area (Å²) in [6.45, 7) is 1.17. The number of imidazole rings is 1. The summed E-state index contributed by atoms with van der Waals surface area (Å²) >= 11 is 0. The van der Waals surface area contributed by atoms with Crippen molar-refractivity contribution in [2.24, 2.45) is 0 Å². The molecule has 0 aliphatic carbocycles. The van der Waals surface area contributed by atoms with Crippen LogP contribution in [0, 0.1) is 0 Å². The average molecular weight is 516 g/mol. The van der Waals surface area contributed by atoms with Crippen LogP contribution in [0.25, 0.3) is 5.65 Å². The lowest BCUT2D eigenvalue weighted by Gasteiger charge is -2.19. The number of anilines is 1. The maximum Gasteiger partial charge on any atom is 0.458 e. The molecule has 0 aliphatic rings. The molecule has 0 saturated heterocycles. The van der Waals surface area contributed by atoms with E-state index in [4.69, 9.17) is 0 Å². The third-order valence-electron chi connectivity index (χ3n) is 4.52. The Morgan fingerprint density at radius 1 is 1.00 bits per heavy atom. The van der Waals surface area contributed by atoms with Gasteiger partial charge in [-0.1, -0.05) is 6.92 Å². The van der Waals surface area contributed by atoms with Gasteiger partial charge in [-0.3, -0.25) is 9.20 Å². The number of aromatic nitrogens is 3. The molecule has 0 atom stereocenters. The van der Waals surface area contributed by atoms with E-state index in [1.807, 2.05) is 5.32 Å². The Kier molecular flexibility index (Phi) is 6.09. The van der Waals surface area contributed by atoms with Crippen molar-refractivity contribution in [2.45, 2.75) is 30.2 Å². The number of sulfone groups is 1. The molecule has 0 radical (unpaired) electrons. The lowest BCUT2D eigenvalue weighted by molar-refractivity contribution is -0.289. The van der Waals surface area contributed by atoms with E-state index in [2.05, 4.69) is 9.97 Å². The fourth-order valence-electron chi connectivity index (χ4n) is 2.77. The number of nitrogens with one attached hydrogen (secondary N) is 1. The molecule has 34 heavy (non-hydrogen) atoms. The summed E-state index contributed by atoms with van der Waals surface area (Å²) in [5.74, 6) is -7.67. The Balaban J connectivity index is 2.04. The zero-order valence-corrected chi connectivity index (χ0v) is 17.5. The molecule has 3 rings (SSSR count). The number of hydrogen-bond donors (Lipinski definition) is 1. The Hall–Kier alpha value is -3.30. The van der Waals surface area contributed by atoms with Crippen molar-refractivity contribution >= 4 is 27.2 Å². The Morgan fingerprint density at radius 3 is 2.12 bits per heavy atom. The van der Waals surface area contributed by atoms with E-state index < -0.39 is 67.4 Å². The summed E-state index contributed by atoms with van der Waals surface area (Å²) in [4.78, 5) is 19.7. The number of halogens is 8. The monoisotopic (exact) mass is 516 g/mol. The zero-order chi connectivity index (χ0) is 25.7. The fraction of sp³-hybridized carbons (Fsp3) is 0.278. The van der Waals surface area contributed by atoms with E-state index in [9.17, 15) is 48.3 Å². The molecule has 0 unspecified atom stereocenters. The number of pyridine rings is 2. The van der Waals surface area contributed by atoms with Gasteiger partial charge >= 0.3 is 18.3 Å². The zero-order valence-electron chi connectivity index (χ0n) is 16.7. The summed E-state index contributed by atoms with van der Waals surface area (Å²) in [5, 5.41) is 1.11. The second-order valence-corrected chi connectivity index (χ2v) is 8.96. The van der Waals surface area contributed by atoms with Crippen molar-refractivity contribution < 1.29 is 48.3 Å². The predicted molar refractivity (Wildman–Crippen MR) is 100 cm³/mol. The van der Waals surface area contributed by atoms with E-state index >= 15 is 0 Å². The summed E-state index contributed by atoms with van der Waals surface area (Å²) < 4.78 is 129. The molecule has 0 spiro atoms. The molecule has 184 valence electrons. The van der Waals surface area contributed by atoms with Gasteiger partial charge in [0, 0.05) is 18.0 Å². The van der Waals surface area contributed by atoms with Crippen LogP contribution in [0.4, 0.5) is 40.9 Å². The van der Waals surface area contributed by atoms with Gasteiger partial charge in [-0.25, -0.2) is 18.4 Å². The molecule has 0 saturated carbocycles. The largest absolute Gasteiger partial charge is 0.458 e. The molecule has 0 fully saturated rings. The van der Waals surface area contributed by atoms with Crippen LogP contribution < -0.4 is 5.32 Å². The highest BCUT2D eigenvalue weighted by molar-refractivity contribution is 7.91. The highest BCUT2D eigenvalue weighted by Crippen LogP contribution is 2.43. The second kappa shape index (κ2) is 8.18. The maximum absolute atomic E-state index is 13.4. The summed E-state index contributed by atoms with van der Waals surface area (Å²) in [5.41, 5.74) is -3.88. The summed E-state index contributed by atoms with van der Waals surface area (Å²) in [6.07, 6.45) is -10.1. The Bertz CT molecular complexity index is 1350. The maximum atomic E-state index is 13.4. The van der Waals surface area contributed by atoms with Crippen molar-refractivity contribution in [3.8, 4) is 0 Å². The number of amides is 1. The summed E-state index contributed by atoms with van der Waals surface area (Å²) in [7, 11) is -4.33. The van der Waals surface area contributed by atoms with Gasteiger partial charge in [0.1, 0.15) is 11.5 Å². The molecule has 0 aromatic carbocycles. The standard InChI is InChI=1S/C18H12F8N4O3S/c1-2-34(32,33)15-13(29-12-6-4-10(8-30(12)15)17(21,22)23)14(31)28-11-5-3-9(7-27-11)16(19,20)18(24,25)26/h3-8H,2H2,1H3,(H,27,28,31). The van der Waals surface area contributed by atoms with Crippen LogP contribution in [0.15, 0.2) is 41.7 Å². The van der Waals surface area contributed by atoms with Gasteiger partial charge in [0.05, 0.1) is 11.3 Å². The number of carbonyl (C=O) groups is 1. The van der Waals surface area contributed by atoms with E-state index in [1.165, 1.54) is 6.92 Å². The lowest BCUT2D eigenvalue weighted by Crippen LogP contribution is -2.33. The highest BCUT2D eigenvalue weighted by atomic mass is 32.2. The Morgan fingerprint density at radius 2 is 1.62 bits per heavy atom. The van der Waals surface area contributed by atoms with Crippen LogP contribution in [0.5, 0.6) is 0 Å². The topological polar surface area (TPSA) is 93.4 Å². The third kappa shape index (κ3) is 4.53. The van der Waals surface area contributed by atoms with Crippen molar-refractivity contribution in [2.75, 3.05) is 11.1 Å². The van der Waals surface area contributed by atoms with Crippen LogP contribution >= 0.6 is 0 Å². The number of nitrogens with zero attached hydrogens (tertiary/aromatic N) is 3. The molecule has 3 aromatic heterocycles. The molecule has 0 bridgehead atoms. The number of rotatable bonds is 5. The molecule has 3 aromatic rings. The molecule has 3 heterocycles. The van der Waals surface area contributed by atoms with Gasteiger partial charge in [-0.05, 0) is 24.3 Å².